The second kappa shape index (κ2) is 8.67. The summed E-state index contributed by atoms with van der Waals surface area (Å²) in [5, 5.41) is 6.86. The number of carbonyl (C=O) groups is 1. The van der Waals surface area contributed by atoms with Gasteiger partial charge in [-0.15, -0.1) is 0 Å². The number of rotatable bonds is 5. The highest BCUT2D eigenvalue weighted by Gasteiger charge is 2.18. The molecule has 31 heavy (non-hydrogen) atoms. The fourth-order valence-corrected chi connectivity index (χ4v) is 4.03. The molecule has 1 amide bonds. The van der Waals surface area contributed by atoms with E-state index in [4.69, 9.17) is 0 Å². The van der Waals surface area contributed by atoms with Crippen LogP contribution in [0, 0.1) is 6.92 Å². The Morgan fingerprint density at radius 2 is 1.94 bits per heavy atom. The molecule has 1 fully saturated rings. The summed E-state index contributed by atoms with van der Waals surface area (Å²) in [4.78, 5) is 41.7. The maximum Gasteiger partial charge on any atom is 0.352 e. The molecule has 0 unspecified atom stereocenters. The normalized spacial score (nSPS) is 14.0. The number of anilines is 1. The Bertz CT molecular complexity index is 1220. The minimum absolute atomic E-state index is 0.115. The number of aryl methyl sites for hydroxylation is 1. The molecule has 0 radical (unpaired) electrons. The summed E-state index contributed by atoms with van der Waals surface area (Å²) < 4.78 is 2.35. The predicted octanol–water partition coefficient (Wildman–Crippen LogP) is 2.76. The summed E-state index contributed by atoms with van der Waals surface area (Å²) in [6, 6.07) is 10.7. The lowest BCUT2D eigenvalue weighted by Crippen LogP contribution is -2.42. The van der Waals surface area contributed by atoms with Gasteiger partial charge in [0, 0.05) is 30.4 Å². The molecule has 2 aromatic heterocycles. The Balaban J connectivity index is 1.67. The zero-order valence-corrected chi connectivity index (χ0v) is 17.7. The van der Waals surface area contributed by atoms with Crippen LogP contribution in [0.2, 0.25) is 0 Å². The zero-order chi connectivity index (χ0) is 22.0. The van der Waals surface area contributed by atoms with Crippen molar-refractivity contribution in [2.24, 2.45) is 0 Å². The fraction of sp³-hybridized carbons (Fsp3) is 0.348. The van der Waals surface area contributed by atoms with Crippen molar-refractivity contribution in [3.8, 4) is 5.69 Å². The van der Waals surface area contributed by atoms with Gasteiger partial charge in [0.05, 0.1) is 12.2 Å². The lowest BCUT2D eigenvalue weighted by atomic mass is 10.0. The minimum atomic E-state index is -0.546. The smallest absolute Gasteiger partial charge is 0.326 e. The molecule has 1 aliphatic rings. The van der Waals surface area contributed by atoms with Crippen LogP contribution in [-0.4, -0.2) is 25.2 Å². The first-order valence-corrected chi connectivity index (χ1v) is 10.5. The quantitative estimate of drug-likeness (QED) is 0.686. The molecule has 2 heterocycles. The van der Waals surface area contributed by atoms with Gasteiger partial charge in [0.15, 0.2) is 0 Å². The van der Waals surface area contributed by atoms with E-state index in [0.717, 1.165) is 24.1 Å². The molecule has 4 rings (SSSR count). The summed E-state index contributed by atoms with van der Waals surface area (Å²) in [5.41, 5.74) is 2.09. The molecular weight excluding hydrogens is 394 g/mol. The van der Waals surface area contributed by atoms with Crippen molar-refractivity contribution in [1.29, 1.82) is 0 Å². The Hall–Kier alpha value is -3.55. The topological polar surface area (TPSA) is 98.9 Å². The number of benzene rings is 1. The van der Waals surface area contributed by atoms with E-state index in [0.29, 0.717) is 17.3 Å². The fourth-order valence-electron chi connectivity index (χ4n) is 4.03. The number of hydrogen-bond donors (Lipinski definition) is 1. The van der Waals surface area contributed by atoms with Crippen molar-refractivity contribution in [2.75, 3.05) is 5.32 Å². The number of carbonyl (C=O) groups excluding carboxylic acids is 1. The van der Waals surface area contributed by atoms with Gasteiger partial charge in [-0.3, -0.25) is 19.1 Å². The van der Waals surface area contributed by atoms with Crippen LogP contribution in [0.15, 0.2) is 52.2 Å². The summed E-state index contributed by atoms with van der Waals surface area (Å²) in [6.07, 6.45) is 6.55. The molecule has 1 saturated carbocycles. The Morgan fingerprint density at radius 3 is 2.61 bits per heavy atom. The number of nitrogens with one attached hydrogen (secondary N) is 1. The molecule has 3 aromatic rings. The van der Waals surface area contributed by atoms with Crippen LogP contribution >= 0.6 is 0 Å². The van der Waals surface area contributed by atoms with Crippen molar-refractivity contribution in [1.82, 2.24) is 19.3 Å². The number of nitrogens with zero attached hydrogens (tertiary/aromatic N) is 4. The van der Waals surface area contributed by atoms with E-state index >= 15 is 0 Å². The zero-order valence-electron chi connectivity index (χ0n) is 17.7. The summed E-state index contributed by atoms with van der Waals surface area (Å²) >= 11 is 0. The summed E-state index contributed by atoms with van der Waals surface area (Å²) in [5.74, 6) is 0.292. The molecule has 0 aliphatic heterocycles. The maximum absolute atomic E-state index is 13.1. The second-order valence-corrected chi connectivity index (χ2v) is 7.98. The van der Waals surface area contributed by atoms with E-state index in [1.54, 1.807) is 37.4 Å². The van der Waals surface area contributed by atoms with Gasteiger partial charge in [0.1, 0.15) is 5.69 Å². The molecule has 1 aromatic carbocycles. The lowest BCUT2D eigenvalue weighted by Gasteiger charge is -2.13. The molecule has 8 heteroatoms. The molecule has 1 N–H and O–H groups in total. The van der Waals surface area contributed by atoms with Gasteiger partial charge in [-0.1, -0.05) is 25.0 Å². The monoisotopic (exact) mass is 419 g/mol. The van der Waals surface area contributed by atoms with Crippen LogP contribution in [0.5, 0.6) is 0 Å². The van der Waals surface area contributed by atoms with Gasteiger partial charge >= 0.3 is 5.69 Å². The number of amides is 1. The van der Waals surface area contributed by atoms with E-state index in [2.05, 4.69) is 15.4 Å². The van der Waals surface area contributed by atoms with Crippen LogP contribution in [-0.2, 0) is 11.3 Å². The second-order valence-electron chi connectivity index (χ2n) is 7.98. The van der Waals surface area contributed by atoms with E-state index in [1.165, 1.54) is 29.0 Å². The van der Waals surface area contributed by atoms with Gasteiger partial charge < -0.3 is 5.32 Å². The van der Waals surface area contributed by atoms with Crippen molar-refractivity contribution >= 4 is 11.6 Å². The van der Waals surface area contributed by atoms with Gasteiger partial charge in [-0.2, -0.15) is 9.78 Å². The molecule has 0 bridgehead atoms. The third-order valence-electron chi connectivity index (χ3n) is 5.59. The maximum atomic E-state index is 13.1. The molecular formula is C23H25N5O3. The van der Waals surface area contributed by atoms with E-state index in [-0.39, 0.29) is 18.1 Å². The van der Waals surface area contributed by atoms with Crippen LogP contribution in [0.3, 0.4) is 0 Å². The largest absolute Gasteiger partial charge is 0.352 e. The first-order valence-electron chi connectivity index (χ1n) is 10.5. The van der Waals surface area contributed by atoms with Crippen molar-refractivity contribution in [2.45, 2.75) is 52.0 Å². The predicted molar refractivity (Wildman–Crippen MR) is 118 cm³/mol. The van der Waals surface area contributed by atoms with Crippen LogP contribution < -0.4 is 16.6 Å². The average Bonchev–Trinajstić information content (AvgIpc) is 3.29. The minimum Gasteiger partial charge on any atom is -0.326 e. The molecule has 0 saturated heterocycles. The van der Waals surface area contributed by atoms with Crippen molar-refractivity contribution in [3.05, 3.63) is 80.4 Å². The highest BCUT2D eigenvalue weighted by molar-refractivity contribution is 5.88. The van der Waals surface area contributed by atoms with E-state index in [9.17, 15) is 14.4 Å². The molecule has 160 valence electrons. The summed E-state index contributed by atoms with van der Waals surface area (Å²) in [6.45, 7) is 3.10. The van der Waals surface area contributed by atoms with Crippen LogP contribution in [0.25, 0.3) is 5.69 Å². The number of aromatic nitrogens is 4. The number of pyridine rings is 1. The van der Waals surface area contributed by atoms with E-state index in [1.807, 2.05) is 12.1 Å². The molecule has 8 nitrogen and oxygen atoms in total. The SMILES string of the molecule is CC(=O)Nc1cccc(-n2nc(C)c(=O)n(Cc3ccc(C4CCCC4)nc3)c2=O)c1. The highest BCUT2D eigenvalue weighted by atomic mass is 16.2. The van der Waals surface area contributed by atoms with Gasteiger partial charge in [0.25, 0.3) is 5.56 Å². The summed E-state index contributed by atoms with van der Waals surface area (Å²) in [7, 11) is 0. The average molecular weight is 419 g/mol. The molecule has 1 aliphatic carbocycles. The Morgan fingerprint density at radius 1 is 1.16 bits per heavy atom. The Labute approximate surface area is 179 Å². The molecule has 0 spiro atoms. The third kappa shape index (κ3) is 4.47. The van der Waals surface area contributed by atoms with Gasteiger partial charge in [-0.05, 0) is 49.6 Å². The van der Waals surface area contributed by atoms with Gasteiger partial charge in [0.2, 0.25) is 5.91 Å². The van der Waals surface area contributed by atoms with Crippen molar-refractivity contribution in [3.63, 3.8) is 0 Å². The van der Waals surface area contributed by atoms with Gasteiger partial charge in [-0.25, -0.2) is 4.79 Å². The lowest BCUT2D eigenvalue weighted by molar-refractivity contribution is -0.114. The van der Waals surface area contributed by atoms with Crippen LogP contribution in [0.1, 0.15) is 55.5 Å². The standard InChI is InChI=1S/C23H25N5O3/c1-15-22(30)27(14-17-10-11-21(24-13-17)18-6-3-4-7-18)23(31)28(26-15)20-9-5-8-19(12-20)25-16(2)29/h5,8-13,18H,3-4,6-7,14H2,1-2H3,(H,25,29). The Kier molecular flexibility index (Phi) is 5.79. The van der Waals surface area contributed by atoms with Crippen molar-refractivity contribution < 1.29 is 4.79 Å². The first kappa shape index (κ1) is 20.7. The molecule has 0 atom stereocenters. The van der Waals surface area contributed by atoms with Crippen LogP contribution in [0.4, 0.5) is 5.69 Å². The first-order chi connectivity index (χ1) is 14.9. The highest BCUT2D eigenvalue weighted by Crippen LogP contribution is 2.32. The third-order valence-corrected chi connectivity index (χ3v) is 5.59. The van der Waals surface area contributed by atoms with E-state index < -0.39 is 11.2 Å². The number of hydrogen-bond acceptors (Lipinski definition) is 5.